The Morgan fingerprint density at radius 3 is 1.80 bits per heavy atom. The summed E-state index contributed by atoms with van der Waals surface area (Å²) in [7, 11) is 0. The van der Waals surface area contributed by atoms with E-state index in [1.54, 1.807) is 0 Å². The average Bonchev–Trinajstić information content (AvgIpc) is 4.08. The van der Waals surface area contributed by atoms with Gasteiger partial charge in [-0.2, -0.15) is 0 Å². The van der Waals surface area contributed by atoms with E-state index in [-0.39, 0.29) is 21.7 Å². The van der Waals surface area contributed by atoms with E-state index in [2.05, 4.69) is 189 Å². The van der Waals surface area contributed by atoms with E-state index in [4.69, 9.17) is 15.4 Å². The molecule has 10 aromatic rings. The van der Waals surface area contributed by atoms with Gasteiger partial charge in [0.25, 0.3) is 0 Å². The van der Waals surface area contributed by atoms with Crippen LogP contribution < -0.4 is 0 Å². The summed E-state index contributed by atoms with van der Waals surface area (Å²) in [4.78, 5) is 0. The zero-order chi connectivity index (χ0) is 44.3. The molecule has 0 N–H and O–H groups in total. The van der Waals surface area contributed by atoms with Crippen LogP contribution in [0, 0.1) is 0 Å². The molecule has 2 heteroatoms. The van der Waals surface area contributed by atoms with Crippen molar-refractivity contribution in [2.75, 3.05) is 0 Å². The number of benzene rings is 8. The first-order chi connectivity index (χ1) is 31.2. The minimum Gasteiger partial charge on any atom is -0.456 e. The average molecular weight is 839 g/mol. The second-order valence-corrected chi connectivity index (χ2v) is 21.7. The molecule has 8 aromatic carbocycles. The quantitative estimate of drug-likeness (QED) is 0.177. The van der Waals surface area contributed by atoms with E-state index in [0.717, 1.165) is 34.3 Å². The van der Waals surface area contributed by atoms with Crippen molar-refractivity contribution in [3.63, 3.8) is 0 Å². The molecule has 314 valence electrons. The predicted molar refractivity (Wildman–Crippen MR) is 270 cm³/mol. The van der Waals surface area contributed by atoms with Crippen molar-refractivity contribution in [3.05, 3.63) is 196 Å². The van der Waals surface area contributed by atoms with Crippen molar-refractivity contribution in [2.24, 2.45) is 0 Å². The van der Waals surface area contributed by atoms with Crippen molar-refractivity contribution in [2.45, 2.75) is 83.5 Å². The molecule has 0 atom stereocenters. The minimum atomic E-state index is -0.242. The third-order valence-electron chi connectivity index (χ3n) is 16.8. The van der Waals surface area contributed by atoms with Crippen LogP contribution in [0.1, 0.15) is 111 Å². The first kappa shape index (κ1) is 37.5. The number of para-hydroxylation sites is 2. The van der Waals surface area contributed by atoms with Gasteiger partial charge >= 0.3 is 0 Å². The van der Waals surface area contributed by atoms with Gasteiger partial charge in [-0.3, -0.25) is 0 Å². The Hall–Kier alpha value is -6.90. The van der Waals surface area contributed by atoms with Crippen molar-refractivity contribution in [3.8, 4) is 44.5 Å². The molecule has 4 aliphatic carbocycles. The van der Waals surface area contributed by atoms with Gasteiger partial charge in [0.2, 0.25) is 0 Å². The molecular formula is C63H50O2. The lowest BCUT2D eigenvalue weighted by atomic mass is 9.72. The zero-order valence-electron chi connectivity index (χ0n) is 38.4. The van der Waals surface area contributed by atoms with E-state index in [9.17, 15) is 0 Å². The molecule has 65 heavy (non-hydrogen) atoms. The van der Waals surface area contributed by atoms with Crippen molar-refractivity contribution >= 4 is 49.5 Å². The molecule has 4 aliphatic rings. The molecule has 14 rings (SSSR count). The van der Waals surface area contributed by atoms with Gasteiger partial charge in [-0.25, -0.2) is 0 Å². The first-order valence-electron chi connectivity index (χ1n) is 23.4. The van der Waals surface area contributed by atoms with Gasteiger partial charge in [-0.05, 0) is 143 Å². The van der Waals surface area contributed by atoms with Crippen molar-refractivity contribution < 1.29 is 8.83 Å². The molecule has 0 saturated heterocycles. The molecule has 0 amide bonds. The van der Waals surface area contributed by atoms with Crippen molar-refractivity contribution in [1.82, 2.24) is 0 Å². The number of allylic oxidation sites excluding steroid dienone is 1. The van der Waals surface area contributed by atoms with Crippen molar-refractivity contribution in [1.29, 1.82) is 0 Å². The highest BCUT2D eigenvalue weighted by molar-refractivity contribution is 6.21. The summed E-state index contributed by atoms with van der Waals surface area (Å²) < 4.78 is 13.4. The van der Waals surface area contributed by atoms with Crippen LogP contribution in [0.5, 0.6) is 0 Å². The van der Waals surface area contributed by atoms with Gasteiger partial charge in [0.05, 0.1) is 0 Å². The summed E-state index contributed by atoms with van der Waals surface area (Å²) in [6.07, 6.45) is 0.773. The fourth-order valence-electron chi connectivity index (χ4n) is 13.5. The standard InChI is InChI=1S/C63H50O2/c1-33(35-23-25-36-41-31-48-42(32-47(41)61(4,5)46(36)30-35)52-44(60(48,2)3)26-27-51-53(52)39-17-11-14-20-49(39)64-51)28-34-22-24-38-45(29-34)63(8,9)58-56(38)59-55(40-18-12-15-21-50(40)65-59)54-37-16-10-13-19-43(37)62(6,7)57(54)58/h10-27,29-32H,1,28H2,2-9H3. The molecule has 0 aliphatic heterocycles. The molecule has 2 nitrogen and oxygen atoms in total. The monoisotopic (exact) mass is 838 g/mol. The van der Waals surface area contributed by atoms with Crippen LogP contribution in [0.25, 0.3) is 94.0 Å². The van der Waals surface area contributed by atoms with Gasteiger partial charge < -0.3 is 8.83 Å². The third kappa shape index (κ3) is 4.46. The van der Waals surface area contributed by atoms with Crippen LogP contribution in [0.15, 0.2) is 149 Å². The first-order valence-corrected chi connectivity index (χ1v) is 23.4. The van der Waals surface area contributed by atoms with E-state index < -0.39 is 0 Å². The summed E-state index contributed by atoms with van der Waals surface area (Å²) >= 11 is 0. The number of rotatable bonds is 3. The Balaban J connectivity index is 0.850. The molecular weight excluding hydrogens is 789 g/mol. The molecule has 2 heterocycles. The van der Waals surface area contributed by atoms with Crippen LogP contribution >= 0.6 is 0 Å². The summed E-state index contributed by atoms with van der Waals surface area (Å²) in [5.74, 6) is 0. The highest BCUT2D eigenvalue weighted by atomic mass is 16.3. The van der Waals surface area contributed by atoms with E-state index in [0.29, 0.717) is 0 Å². The molecule has 0 bridgehead atoms. The highest BCUT2D eigenvalue weighted by Crippen LogP contribution is 2.64. The maximum Gasteiger partial charge on any atom is 0.144 e. The Kier molecular flexibility index (Phi) is 6.84. The summed E-state index contributed by atoms with van der Waals surface area (Å²) in [5.41, 5.74) is 28.5. The molecule has 2 aromatic heterocycles. The normalized spacial score (nSPS) is 16.9. The van der Waals surface area contributed by atoms with Gasteiger partial charge in [0.1, 0.15) is 22.3 Å². The number of fused-ring (bicyclic) bond motifs is 22. The highest BCUT2D eigenvalue weighted by Gasteiger charge is 2.49. The second kappa shape index (κ2) is 11.9. The van der Waals surface area contributed by atoms with Gasteiger partial charge in [0.15, 0.2) is 0 Å². The van der Waals surface area contributed by atoms with E-state index >= 15 is 0 Å². The molecule has 0 saturated carbocycles. The Morgan fingerprint density at radius 2 is 1.00 bits per heavy atom. The minimum absolute atomic E-state index is 0.140. The summed E-state index contributed by atoms with van der Waals surface area (Å²) in [6, 6.07) is 50.0. The van der Waals surface area contributed by atoms with Crippen LogP contribution in [-0.4, -0.2) is 0 Å². The van der Waals surface area contributed by atoms with E-state index in [1.165, 1.54) is 122 Å². The van der Waals surface area contributed by atoms with E-state index in [1.807, 2.05) is 0 Å². The SMILES string of the molecule is C=C(Cc1ccc2c(c1)C(C)(C)c1c3c(c4c(oc5ccccc54)c1-2)-c1ccccc1C3(C)C)c1ccc2c(c1)C(C)(C)c1cc3c(cc1-2)C(C)(C)c1ccc2oc4ccccc4c2c1-3. The Bertz CT molecular complexity index is 3870. The van der Waals surface area contributed by atoms with Gasteiger partial charge in [0, 0.05) is 48.8 Å². The molecule has 0 unspecified atom stereocenters. The third-order valence-corrected chi connectivity index (χ3v) is 16.8. The molecule has 0 spiro atoms. The molecule has 0 radical (unpaired) electrons. The maximum absolute atomic E-state index is 6.94. The topological polar surface area (TPSA) is 26.3 Å². The lowest BCUT2D eigenvalue weighted by Gasteiger charge is -2.31. The fourth-order valence-corrected chi connectivity index (χ4v) is 13.5. The number of hydrogen-bond acceptors (Lipinski definition) is 2. The Morgan fingerprint density at radius 1 is 0.415 bits per heavy atom. The summed E-state index contributed by atoms with van der Waals surface area (Å²) in [6.45, 7) is 24.1. The van der Waals surface area contributed by atoms with Crippen LogP contribution in [0.4, 0.5) is 0 Å². The lowest BCUT2D eigenvalue weighted by Crippen LogP contribution is -2.24. The second-order valence-electron chi connectivity index (χ2n) is 21.7. The smallest absolute Gasteiger partial charge is 0.144 e. The van der Waals surface area contributed by atoms with Gasteiger partial charge in [-0.1, -0.05) is 159 Å². The van der Waals surface area contributed by atoms with Gasteiger partial charge in [-0.15, -0.1) is 0 Å². The van der Waals surface area contributed by atoms with Crippen LogP contribution in [0.2, 0.25) is 0 Å². The lowest BCUT2D eigenvalue weighted by molar-refractivity contribution is 0.599. The number of furan rings is 2. The van der Waals surface area contributed by atoms with Crippen LogP contribution in [0.3, 0.4) is 0 Å². The fraction of sp³-hybridized carbons (Fsp3) is 0.206. The largest absolute Gasteiger partial charge is 0.456 e. The maximum atomic E-state index is 6.94. The zero-order valence-corrected chi connectivity index (χ0v) is 38.4. The predicted octanol–water partition coefficient (Wildman–Crippen LogP) is 17.0. The molecule has 0 fully saturated rings. The summed E-state index contributed by atoms with van der Waals surface area (Å²) in [5, 5.41) is 4.86. The van der Waals surface area contributed by atoms with Crippen LogP contribution in [-0.2, 0) is 28.1 Å². The Labute approximate surface area is 380 Å². The number of hydrogen-bond donors (Lipinski definition) is 0.